The SMILES string of the molecule is O=C(c1cnccn1)N1CC2(CO[C@H](Cc3cccnc3)C2)C1. The van der Waals surface area contributed by atoms with Crippen LogP contribution in [0.4, 0.5) is 0 Å². The summed E-state index contributed by atoms with van der Waals surface area (Å²) < 4.78 is 5.95. The van der Waals surface area contributed by atoms with Gasteiger partial charge < -0.3 is 9.64 Å². The van der Waals surface area contributed by atoms with Gasteiger partial charge in [-0.25, -0.2) is 4.98 Å². The molecule has 0 radical (unpaired) electrons. The first-order valence-electron chi connectivity index (χ1n) is 7.80. The lowest BCUT2D eigenvalue weighted by Gasteiger charge is -2.47. The van der Waals surface area contributed by atoms with Crippen LogP contribution in [0, 0.1) is 5.41 Å². The molecule has 4 heterocycles. The Balaban J connectivity index is 1.34. The molecule has 2 aliphatic rings. The van der Waals surface area contributed by atoms with E-state index in [2.05, 4.69) is 21.0 Å². The monoisotopic (exact) mass is 310 g/mol. The lowest BCUT2D eigenvalue weighted by molar-refractivity contribution is -0.00175. The number of pyridine rings is 1. The number of ether oxygens (including phenoxy) is 1. The first kappa shape index (κ1) is 14.3. The lowest BCUT2D eigenvalue weighted by Crippen LogP contribution is -2.59. The van der Waals surface area contributed by atoms with Gasteiger partial charge >= 0.3 is 0 Å². The minimum absolute atomic E-state index is 0.0422. The third-order valence-electron chi connectivity index (χ3n) is 4.59. The van der Waals surface area contributed by atoms with Gasteiger partial charge in [-0.05, 0) is 18.1 Å². The van der Waals surface area contributed by atoms with Crippen molar-refractivity contribution in [1.29, 1.82) is 0 Å². The van der Waals surface area contributed by atoms with E-state index in [0.717, 1.165) is 32.5 Å². The van der Waals surface area contributed by atoms with Gasteiger partial charge in [-0.3, -0.25) is 14.8 Å². The standard InChI is InChI=1S/C17H18N4O2/c22-16(15-9-19-4-5-20-15)21-10-17(11-21)7-14(23-12-17)6-13-2-1-3-18-8-13/h1-5,8-9,14H,6-7,10-12H2/t14-/m1/s1. The van der Waals surface area contributed by atoms with E-state index in [0.29, 0.717) is 5.69 Å². The van der Waals surface area contributed by atoms with E-state index in [4.69, 9.17) is 4.74 Å². The van der Waals surface area contributed by atoms with Gasteiger partial charge in [0.05, 0.1) is 18.9 Å². The summed E-state index contributed by atoms with van der Waals surface area (Å²) in [5.41, 5.74) is 1.72. The Morgan fingerprint density at radius 1 is 1.26 bits per heavy atom. The molecule has 2 fully saturated rings. The van der Waals surface area contributed by atoms with Crippen molar-refractivity contribution in [2.24, 2.45) is 5.41 Å². The van der Waals surface area contributed by atoms with Crippen LogP contribution in [0.3, 0.4) is 0 Å². The summed E-state index contributed by atoms with van der Waals surface area (Å²) in [5, 5.41) is 0. The molecule has 0 aromatic carbocycles. The Morgan fingerprint density at radius 3 is 2.87 bits per heavy atom. The van der Waals surface area contributed by atoms with Crippen molar-refractivity contribution in [1.82, 2.24) is 19.9 Å². The second-order valence-electron chi connectivity index (χ2n) is 6.45. The average molecular weight is 310 g/mol. The highest BCUT2D eigenvalue weighted by Crippen LogP contribution is 2.42. The molecule has 6 nitrogen and oxygen atoms in total. The number of rotatable bonds is 3. The molecular formula is C17H18N4O2. The second-order valence-corrected chi connectivity index (χ2v) is 6.45. The maximum absolute atomic E-state index is 12.3. The van der Waals surface area contributed by atoms with Crippen molar-refractivity contribution in [3.05, 3.63) is 54.4 Å². The molecule has 0 N–H and O–H groups in total. The third kappa shape index (κ3) is 2.82. The minimum Gasteiger partial charge on any atom is -0.377 e. The fraction of sp³-hybridized carbons (Fsp3) is 0.412. The van der Waals surface area contributed by atoms with Crippen molar-refractivity contribution in [3.63, 3.8) is 0 Å². The predicted octanol–water partition coefficient (Wildman–Crippen LogP) is 1.35. The molecule has 2 aliphatic heterocycles. The van der Waals surface area contributed by atoms with Crippen LogP contribution in [0.25, 0.3) is 0 Å². The second kappa shape index (κ2) is 5.70. The van der Waals surface area contributed by atoms with Crippen LogP contribution in [0.15, 0.2) is 43.1 Å². The van der Waals surface area contributed by atoms with Crippen molar-refractivity contribution in [3.8, 4) is 0 Å². The van der Waals surface area contributed by atoms with Gasteiger partial charge in [-0.2, -0.15) is 0 Å². The lowest BCUT2D eigenvalue weighted by atomic mass is 9.77. The molecule has 4 rings (SSSR count). The zero-order valence-electron chi connectivity index (χ0n) is 12.8. The summed E-state index contributed by atoms with van der Waals surface area (Å²) in [6.45, 7) is 2.21. The highest BCUT2D eigenvalue weighted by atomic mass is 16.5. The molecule has 2 saturated heterocycles. The fourth-order valence-corrected chi connectivity index (χ4v) is 3.51. The molecule has 0 saturated carbocycles. The van der Waals surface area contributed by atoms with Crippen molar-refractivity contribution < 1.29 is 9.53 Å². The first-order valence-corrected chi connectivity index (χ1v) is 7.80. The Labute approximate surface area is 134 Å². The topological polar surface area (TPSA) is 68.2 Å². The van der Waals surface area contributed by atoms with E-state index in [-0.39, 0.29) is 17.4 Å². The van der Waals surface area contributed by atoms with Crippen LogP contribution >= 0.6 is 0 Å². The normalized spacial score (nSPS) is 22.1. The van der Waals surface area contributed by atoms with Crippen molar-refractivity contribution >= 4 is 5.91 Å². The molecule has 0 bridgehead atoms. The van der Waals surface area contributed by atoms with Crippen LogP contribution in [0.5, 0.6) is 0 Å². The van der Waals surface area contributed by atoms with Crippen LogP contribution in [0.2, 0.25) is 0 Å². The summed E-state index contributed by atoms with van der Waals surface area (Å²) in [4.78, 5) is 26.3. The van der Waals surface area contributed by atoms with E-state index in [9.17, 15) is 4.79 Å². The molecular weight excluding hydrogens is 292 g/mol. The number of likely N-dealkylation sites (tertiary alicyclic amines) is 1. The largest absolute Gasteiger partial charge is 0.377 e. The highest BCUT2D eigenvalue weighted by Gasteiger charge is 2.50. The molecule has 0 aliphatic carbocycles. The van der Waals surface area contributed by atoms with Gasteiger partial charge in [0.2, 0.25) is 0 Å². The number of hydrogen-bond acceptors (Lipinski definition) is 5. The molecule has 2 aromatic heterocycles. The predicted molar refractivity (Wildman–Crippen MR) is 82.7 cm³/mol. The molecule has 2 aromatic rings. The minimum atomic E-state index is -0.0422. The van der Waals surface area contributed by atoms with E-state index in [1.54, 1.807) is 18.6 Å². The van der Waals surface area contributed by atoms with Gasteiger partial charge in [-0.1, -0.05) is 6.07 Å². The van der Waals surface area contributed by atoms with Gasteiger partial charge in [0.15, 0.2) is 0 Å². The van der Waals surface area contributed by atoms with E-state index < -0.39 is 0 Å². The average Bonchev–Trinajstić information content (AvgIpc) is 2.99. The summed E-state index contributed by atoms with van der Waals surface area (Å²) in [6, 6.07) is 4.02. The maximum Gasteiger partial charge on any atom is 0.274 e. The Bertz CT molecular complexity index is 686. The van der Waals surface area contributed by atoms with E-state index >= 15 is 0 Å². The third-order valence-corrected chi connectivity index (χ3v) is 4.59. The Morgan fingerprint density at radius 2 is 2.13 bits per heavy atom. The Hall–Kier alpha value is -2.34. The molecule has 1 atom stereocenters. The number of nitrogens with zero attached hydrogens (tertiary/aromatic N) is 4. The summed E-state index contributed by atoms with van der Waals surface area (Å²) in [5.74, 6) is -0.0422. The van der Waals surface area contributed by atoms with E-state index in [1.807, 2.05) is 17.2 Å². The van der Waals surface area contributed by atoms with Gasteiger partial charge in [0.1, 0.15) is 5.69 Å². The van der Waals surface area contributed by atoms with Crippen molar-refractivity contribution in [2.75, 3.05) is 19.7 Å². The number of carbonyl (C=O) groups is 1. The quantitative estimate of drug-likeness (QED) is 0.856. The smallest absolute Gasteiger partial charge is 0.274 e. The zero-order valence-corrected chi connectivity index (χ0v) is 12.8. The molecule has 0 unspecified atom stereocenters. The van der Waals surface area contributed by atoms with Crippen LogP contribution in [-0.2, 0) is 11.2 Å². The molecule has 118 valence electrons. The maximum atomic E-state index is 12.3. The summed E-state index contributed by atoms with van der Waals surface area (Å²) >= 11 is 0. The van der Waals surface area contributed by atoms with Gasteiger partial charge in [-0.15, -0.1) is 0 Å². The van der Waals surface area contributed by atoms with Gasteiger partial charge in [0.25, 0.3) is 5.91 Å². The number of hydrogen-bond donors (Lipinski definition) is 0. The summed E-state index contributed by atoms with van der Waals surface area (Å²) in [6.07, 6.45) is 10.4. The highest BCUT2D eigenvalue weighted by molar-refractivity contribution is 5.92. The van der Waals surface area contributed by atoms with Gasteiger partial charge in [0, 0.05) is 49.7 Å². The van der Waals surface area contributed by atoms with Crippen molar-refractivity contribution in [2.45, 2.75) is 18.9 Å². The molecule has 1 amide bonds. The number of amides is 1. The summed E-state index contributed by atoms with van der Waals surface area (Å²) in [7, 11) is 0. The van der Waals surface area contributed by atoms with Crippen LogP contribution in [0.1, 0.15) is 22.5 Å². The first-order chi connectivity index (χ1) is 11.2. The fourth-order valence-electron chi connectivity index (χ4n) is 3.51. The van der Waals surface area contributed by atoms with E-state index in [1.165, 1.54) is 11.8 Å². The number of carbonyl (C=O) groups excluding carboxylic acids is 1. The molecule has 23 heavy (non-hydrogen) atoms. The number of aromatic nitrogens is 3. The van der Waals surface area contributed by atoms with Crippen LogP contribution < -0.4 is 0 Å². The zero-order chi connectivity index (χ0) is 15.7. The van der Waals surface area contributed by atoms with Crippen LogP contribution in [-0.4, -0.2) is 51.6 Å². The Kier molecular flexibility index (Phi) is 3.53. The molecule has 1 spiro atoms. The molecule has 6 heteroatoms.